The maximum Gasteiger partial charge on any atom is 0.393 e. The van der Waals surface area contributed by atoms with Gasteiger partial charge in [0, 0.05) is 17.4 Å². The Morgan fingerprint density at radius 3 is 2.26 bits per heavy atom. The molecule has 104 valence electrons. The molecule has 0 heterocycles. The van der Waals surface area contributed by atoms with Crippen LogP contribution in [0.2, 0.25) is 0 Å². The van der Waals surface area contributed by atoms with Gasteiger partial charge in [0.1, 0.15) is 6.29 Å². The molecule has 0 rings (SSSR count). The molecule has 0 aliphatic heterocycles. The van der Waals surface area contributed by atoms with Gasteiger partial charge in [-0.05, 0) is 13.8 Å². The number of aliphatic imine (C=N–C) groups is 1. The Labute approximate surface area is 109 Å². The highest BCUT2D eigenvalue weighted by Crippen LogP contribution is 2.17. The molecule has 0 saturated carbocycles. The molecule has 19 heavy (non-hydrogen) atoms. The van der Waals surface area contributed by atoms with Gasteiger partial charge in [-0.25, -0.2) is 4.99 Å². The van der Waals surface area contributed by atoms with E-state index in [9.17, 15) is 18.0 Å². The summed E-state index contributed by atoms with van der Waals surface area (Å²) in [6.45, 7) is 3.31. The first kappa shape index (κ1) is 17.0. The van der Waals surface area contributed by atoms with Crippen molar-refractivity contribution in [1.82, 2.24) is 0 Å². The van der Waals surface area contributed by atoms with Gasteiger partial charge in [0.25, 0.3) is 0 Å². The van der Waals surface area contributed by atoms with Crippen molar-refractivity contribution in [3.05, 3.63) is 35.5 Å². The number of alkyl halides is 3. The Balaban J connectivity index is 4.73. The largest absolute Gasteiger partial charge is 0.393 e. The van der Waals surface area contributed by atoms with Crippen LogP contribution in [0.15, 0.2) is 40.4 Å². The average molecular weight is 272 g/mol. The van der Waals surface area contributed by atoms with E-state index in [0.29, 0.717) is 23.6 Å². The molecule has 0 amide bonds. The van der Waals surface area contributed by atoms with Gasteiger partial charge >= 0.3 is 6.18 Å². The Bertz CT molecular complexity index is 443. The minimum atomic E-state index is -4.33. The second kappa shape index (κ2) is 8.18. The molecule has 0 radical (unpaired) electrons. The van der Waals surface area contributed by atoms with Crippen LogP contribution >= 0.6 is 0 Å². The fourth-order valence-corrected chi connectivity index (χ4v) is 1.02. The topological polar surface area (TPSA) is 53.3 Å². The minimum absolute atomic E-state index is 0.288. The lowest BCUT2D eigenvalue weighted by molar-refractivity contribution is -0.120. The molecule has 0 aromatic carbocycles. The van der Waals surface area contributed by atoms with Crippen LogP contribution in [0.4, 0.5) is 13.2 Å². The first-order valence-electron chi connectivity index (χ1n) is 5.48. The molecule has 3 nitrogen and oxygen atoms in total. The van der Waals surface area contributed by atoms with E-state index in [-0.39, 0.29) is 5.84 Å². The van der Waals surface area contributed by atoms with Gasteiger partial charge in [0.05, 0.1) is 6.42 Å². The summed E-state index contributed by atoms with van der Waals surface area (Å²) in [7, 11) is 0. The van der Waals surface area contributed by atoms with E-state index < -0.39 is 12.6 Å². The third kappa shape index (κ3) is 7.86. The van der Waals surface area contributed by atoms with E-state index in [1.165, 1.54) is 18.2 Å². The molecule has 0 spiro atoms. The highest BCUT2D eigenvalue weighted by molar-refractivity contribution is 6.02. The number of amidine groups is 1. The minimum Gasteiger partial charge on any atom is -0.298 e. The zero-order valence-corrected chi connectivity index (χ0v) is 10.7. The SMILES string of the molecule is C\C=C(C=O)/C=C\C(=C/C)C(=N)N=CCC(F)(F)F. The number of allylic oxidation sites excluding steroid dienone is 4. The zero-order valence-electron chi connectivity index (χ0n) is 10.7. The Kier molecular flexibility index (Phi) is 7.33. The van der Waals surface area contributed by atoms with E-state index in [2.05, 4.69) is 4.99 Å². The van der Waals surface area contributed by atoms with Crippen LogP contribution in [0.3, 0.4) is 0 Å². The number of carbonyl (C=O) groups excluding carboxylic acids is 1. The highest BCUT2D eigenvalue weighted by Gasteiger charge is 2.25. The average Bonchev–Trinajstić information content (AvgIpc) is 2.33. The fraction of sp³-hybridized carbons (Fsp3) is 0.308. The number of nitrogens with zero attached hydrogens (tertiary/aromatic N) is 1. The van der Waals surface area contributed by atoms with Crippen molar-refractivity contribution >= 4 is 18.3 Å². The predicted molar refractivity (Wildman–Crippen MR) is 69.6 cm³/mol. The molecule has 1 N–H and O–H groups in total. The van der Waals surface area contributed by atoms with Gasteiger partial charge in [-0.2, -0.15) is 13.2 Å². The molecule has 0 unspecified atom stereocenters. The van der Waals surface area contributed by atoms with Crippen LogP contribution in [0.5, 0.6) is 0 Å². The Hall–Kier alpha value is -1.98. The maximum atomic E-state index is 11.9. The summed E-state index contributed by atoms with van der Waals surface area (Å²) in [6.07, 6.45) is 1.81. The molecule has 0 atom stereocenters. The molecule has 0 aromatic rings. The van der Waals surface area contributed by atoms with Gasteiger partial charge in [0.2, 0.25) is 0 Å². The number of carbonyl (C=O) groups is 1. The quantitative estimate of drug-likeness (QED) is 0.268. The summed E-state index contributed by atoms with van der Waals surface area (Å²) < 4.78 is 35.7. The molecule has 0 saturated heterocycles. The zero-order chi connectivity index (χ0) is 14.9. The summed E-state index contributed by atoms with van der Waals surface area (Å²) in [5.41, 5.74) is 0.742. The van der Waals surface area contributed by atoms with E-state index >= 15 is 0 Å². The first-order chi connectivity index (χ1) is 8.84. The summed E-state index contributed by atoms with van der Waals surface area (Å²) in [4.78, 5) is 14.0. The smallest absolute Gasteiger partial charge is 0.298 e. The van der Waals surface area contributed by atoms with Crippen LogP contribution in [0.1, 0.15) is 20.3 Å². The molecule has 0 bridgehead atoms. The van der Waals surface area contributed by atoms with Gasteiger partial charge in [0.15, 0.2) is 5.84 Å². The normalized spacial score (nSPS) is 14.4. The lowest BCUT2D eigenvalue weighted by atomic mass is 10.1. The lowest BCUT2D eigenvalue weighted by Gasteiger charge is -2.01. The van der Waals surface area contributed by atoms with Crippen LogP contribution in [0, 0.1) is 5.41 Å². The number of halogens is 3. The van der Waals surface area contributed by atoms with Crippen molar-refractivity contribution < 1.29 is 18.0 Å². The van der Waals surface area contributed by atoms with Crippen molar-refractivity contribution in [3.63, 3.8) is 0 Å². The summed E-state index contributed by atoms with van der Waals surface area (Å²) >= 11 is 0. The summed E-state index contributed by atoms with van der Waals surface area (Å²) in [5, 5.41) is 7.52. The van der Waals surface area contributed by atoms with Crippen LogP contribution in [-0.4, -0.2) is 24.5 Å². The van der Waals surface area contributed by atoms with E-state index in [4.69, 9.17) is 5.41 Å². The predicted octanol–water partition coefficient (Wildman–Crippen LogP) is 3.63. The van der Waals surface area contributed by atoms with E-state index in [1.807, 2.05) is 0 Å². The molecule has 0 aromatic heterocycles. The molecular formula is C13H15F3N2O. The Morgan fingerprint density at radius 1 is 1.21 bits per heavy atom. The third-order valence-corrected chi connectivity index (χ3v) is 2.05. The second-order valence-corrected chi connectivity index (χ2v) is 3.46. The molecule has 0 aliphatic carbocycles. The van der Waals surface area contributed by atoms with Crippen molar-refractivity contribution in [3.8, 4) is 0 Å². The molecule has 6 heteroatoms. The lowest BCUT2D eigenvalue weighted by Crippen LogP contribution is -2.08. The fourth-order valence-electron chi connectivity index (χ4n) is 1.02. The van der Waals surface area contributed by atoms with Crippen LogP contribution in [0.25, 0.3) is 0 Å². The van der Waals surface area contributed by atoms with Crippen molar-refractivity contribution in [1.29, 1.82) is 5.41 Å². The van der Waals surface area contributed by atoms with Crippen molar-refractivity contribution in [2.45, 2.75) is 26.4 Å². The number of hydrogen-bond acceptors (Lipinski definition) is 2. The number of aldehydes is 1. The molecule has 0 fully saturated rings. The van der Waals surface area contributed by atoms with Crippen molar-refractivity contribution in [2.24, 2.45) is 4.99 Å². The van der Waals surface area contributed by atoms with Gasteiger partial charge in [-0.15, -0.1) is 0 Å². The summed E-state index contributed by atoms with van der Waals surface area (Å²) in [5.74, 6) is -0.288. The number of rotatable bonds is 5. The molecule has 0 aliphatic rings. The van der Waals surface area contributed by atoms with Gasteiger partial charge in [-0.3, -0.25) is 10.2 Å². The van der Waals surface area contributed by atoms with Gasteiger partial charge in [-0.1, -0.05) is 24.3 Å². The van der Waals surface area contributed by atoms with Crippen molar-refractivity contribution in [2.75, 3.05) is 0 Å². The van der Waals surface area contributed by atoms with Gasteiger partial charge < -0.3 is 0 Å². The number of hydrogen-bond donors (Lipinski definition) is 1. The number of nitrogens with one attached hydrogen (secondary N) is 1. The maximum absolute atomic E-state index is 11.9. The van der Waals surface area contributed by atoms with Crippen LogP contribution in [-0.2, 0) is 4.79 Å². The third-order valence-electron chi connectivity index (χ3n) is 2.05. The Morgan fingerprint density at radius 2 is 1.84 bits per heavy atom. The first-order valence-corrected chi connectivity index (χ1v) is 5.48. The second-order valence-electron chi connectivity index (χ2n) is 3.46. The van der Waals surface area contributed by atoms with Crippen LogP contribution < -0.4 is 0 Å². The monoisotopic (exact) mass is 272 g/mol. The summed E-state index contributed by atoms with van der Waals surface area (Å²) in [6, 6.07) is 0. The standard InChI is InChI=1S/C13H15F3N2O/c1-3-10(9-19)5-6-11(4-2)12(17)18-8-7-13(14,15)16/h3-6,8-9,17H,7H2,1-2H3/b6-5-,10-3+,11-4+,17-12?,18-8?. The van der Waals surface area contributed by atoms with E-state index in [0.717, 1.165) is 0 Å². The van der Waals surface area contributed by atoms with E-state index in [1.54, 1.807) is 19.9 Å². The molecular weight excluding hydrogens is 257 g/mol. The highest BCUT2D eigenvalue weighted by atomic mass is 19.4.